The predicted molar refractivity (Wildman–Crippen MR) is 69.7 cm³/mol. The number of pyridine rings is 1. The molecule has 0 saturated carbocycles. The van der Waals surface area contributed by atoms with E-state index in [-0.39, 0.29) is 0 Å². The summed E-state index contributed by atoms with van der Waals surface area (Å²) in [4.78, 5) is 5.15. The predicted octanol–water partition coefficient (Wildman–Crippen LogP) is 3.61. The number of aromatic nitrogens is 1. The van der Waals surface area contributed by atoms with Gasteiger partial charge in [-0.1, -0.05) is 11.6 Å². The summed E-state index contributed by atoms with van der Waals surface area (Å²) < 4.78 is 0. The molecule has 0 fully saturated rings. The third-order valence-corrected chi connectivity index (χ3v) is 3.45. The molecule has 0 spiro atoms. The Hall–Kier alpha value is -1.19. The van der Waals surface area contributed by atoms with E-state index in [1.807, 2.05) is 24.3 Å². The van der Waals surface area contributed by atoms with Crippen LogP contribution < -0.4 is 5.73 Å². The maximum absolute atomic E-state index is 5.92. The van der Waals surface area contributed by atoms with Gasteiger partial charge in [0, 0.05) is 33.8 Å². The average molecular weight is 251 g/mol. The van der Waals surface area contributed by atoms with E-state index < -0.39 is 0 Å². The summed E-state index contributed by atoms with van der Waals surface area (Å²) in [5, 5.41) is 0.722. The van der Waals surface area contributed by atoms with Gasteiger partial charge in [0.05, 0.1) is 0 Å². The van der Waals surface area contributed by atoms with E-state index >= 15 is 0 Å². The first-order chi connectivity index (χ1) is 7.75. The van der Waals surface area contributed by atoms with Crippen LogP contribution in [0.3, 0.4) is 0 Å². The maximum atomic E-state index is 5.92. The van der Waals surface area contributed by atoms with Crippen molar-refractivity contribution in [3.63, 3.8) is 0 Å². The van der Waals surface area contributed by atoms with Crippen LogP contribution in [0.25, 0.3) is 0 Å². The smallest absolute Gasteiger partial charge is 0.0410 e. The summed E-state index contributed by atoms with van der Waals surface area (Å²) in [7, 11) is 0. The quantitative estimate of drug-likeness (QED) is 0.668. The van der Waals surface area contributed by atoms with Gasteiger partial charge in [0.15, 0.2) is 0 Å². The van der Waals surface area contributed by atoms with Crippen LogP contribution in [-0.4, -0.2) is 4.98 Å². The number of benzene rings is 1. The second kappa shape index (κ2) is 5.23. The molecular weight excluding hydrogens is 240 g/mol. The molecule has 0 aliphatic carbocycles. The van der Waals surface area contributed by atoms with Crippen molar-refractivity contribution in [2.24, 2.45) is 0 Å². The minimum atomic E-state index is 0.722. The molecule has 2 nitrogen and oxygen atoms in total. The minimum Gasteiger partial charge on any atom is -0.398 e. The van der Waals surface area contributed by atoms with Crippen molar-refractivity contribution in [3.8, 4) is 0 Å². The van der Waals surface area contributed by atoms with Gasteiger partial charge in [-0.2, -0.15) is 0 Å². The molecule has 82 valence electrons. The van der Waals surface area contributed by atoms with Gasteiger partial charge in [0.2, 0.25) is 0 Å². The summed E-state index contributed by atoms with van der Waals surface area (Å²) in [6, 6.07) is 9.50. The number of rotatable bonds is 3. The third-order valence-electron chi connectivity index (χ3n) is 2.15. The van der Waals surface area contributed by atoms with Crippen LogP contribution in [0.15, 0.2) is 47.6 Å². The molecule has 16 heavy (non-hydrogen) atoms. The van der Waals surface area contributed by atoms with Crippen molar-refractivity contribution in [1.29, 1.82) is 0 Å². The molecule has 0 aliphatic heterocycles. The maximum Gasteiger partial charge on any atom is 0.0410 e. The van der Waals surface area contributed by atoms with Crippen LogP contribution >= 0.6 is 23.4 Å². The molecule has 0 unspecified atom stereocenters. The Balaban J connectivity index is 2.08. The lowest BCUT2D eigenvalue weighted by molar-refractivity contribution is 1.26. The van der Waals surface area contributed by atoms with Gasteiger partial charge in [-0.05, 0) is 35.9 Å². The fraction of sp³-hybridized carbons (Fsp3) is 0.0833. The van der Waals surface area contributed by atoms with E-state index in [1.165, 1.54) is 4.90 Å². The lowest BCUT2D eigenvalue weighted by atomic mass is 10.2. The molecule has 0 aliphatic rings. The van der Waals surface area contributed by atoms with Crippen molar-refractivity contribution in [3.05, 3.63) is 53.3 Å². The van der Waals surface area contributed by atoms with Crippen LogP contribution in [0.2, 0.25) is 5.02 Å². The lowest BCUT2D eigenvalue weighted by Crippen LogP contribution is -1.92. The van der Waals surface area contributed by atoms with Crippen LogP contribution in [-0.2, 0) is 5.75 Å². The van der Waals surface area contributed by atoms with E-state index in [9.17, 15) is 0 Å². The molecule has 2 aromatic rings. The van der Waals surface area contributed by atoms with Gasteiger partial charge < -0.3 is 5.73 Å². The Labute approximate surface area is 104 Å². The SMILES string of the molecule is Nc1ccc(Cl)cc1CSc1ccncc1. The molecule has 0 radical (unpaired) electrons. The minimum absolute atomic E-state index is 0.722. The molecule has 1 aromatic heterocycles. The first-order valence-corrected chi connectivity index (χ1v) is 6.19. The molecular formula is C12H11ClN2S. The van der Waals surface area contributed by atoms with Crippen LogP contribution in [0.5, 0.6) is 0 Å². The van der Waals surface area contributed by atoms with E-state index in [1.54, 1.807) is 30.2 Å². The highest BCUT2D eigenvalue weighted by atomic mass is 35.5. The molecule has 0 amide bonds. The fourth-order valence-electron chi connectivity index (χ4n) is 1.29. The number of nitrogen functional groups attached to an aromatic ring is 1. The standard InChI is InChI=1S/C12H11ClN2S/c13-10-1-2-12(14)9(7-10)8-16-11-3-5-15-6-4-11/h1-7H,8,14H2. The monoisotopic (exact) mass is 250 g/mol. The average Bonchev–Trinajstić information content (AvgIpc) is 2.32. The van der Waals surface area contributed by atoms with E-state index in [0.29, 0.717) is 0 Å². The zero-order valence-electron chi connectivity index (χ0n) is 8.56. The third kappa shape index (κ3) is 2.90. The fourth-order valence-corrected chi connectivity index (χ4v) is 2.38. The van der Waals surface area contributed by atoms with Crippen LogP contribution in [0.1, 0.15) is 5.56 Å². The number of hydrogen-bond acceptors (Lipinski definition) is 3. The Kier molecular flexibility index (Phi) is 3.70. The van der Waals surface area contributed by atoms with Gasteiger partial charge in [-0.25, -0.2) is 0 Å². The summed E-state index contributed by atoms with van der Waals surface area (Å²) in [6.07, 6.45) is 3.56. The van der Waals surface area contributed by atoms with Gasteiger partial charge in [-0.15, -0.1) is 11.8 Å². The number of nitrogens with two attached hydrogens (primary N) is 1. The number of anilines is 1. The van der Waals surface area contributed by atoms with Crippen molar-refractivity contribution < 1.29 is 0 Å². The molecule has 2 N–H and O–H groups in total. The Morgan fingerprint density at radius 2 is 1.94 bits per heavy atom. The van der Waals surface area contributed by atoms with Crippen molar-refractivity contribution >= 4 is 29.1 Å². The Morgan fingerprint density at radius 3 is 2.69 bits per heavy atom. The molecule has 0 atom stereocenters. The van der Waals surface area contributed by atoms with E-state index in [4.69, 9.17) is 17.3 Å². The Bertz CT molecular complexity index is 474. The highest BCUT2D eigenvalue weighted by Crippen LogP contribution is 2.26. The molecule has 2 rings (SSSR count). The molecule has 0 saturated heterocycles. The summed E-state index contributed by atoms with van der Waals surface area (Å²) in [5.41, 5.74) is 7.72. The van der Waals surface area contributed by atoms with Gasteiger partial charge >= 0.3 is 0 Å². The topological polar surface area (TPSA) is 38.9 Å². The normalized spacial score (nSPS) is 10.3. The molecule has 4 heteroatoms. The number of halogens is 1. The van der Waals surface area contributed by atoms with E-state index in [2.05, 4.69) is 4.98 Å². The Morgan fingerprint density at radius 1 is 1.19 bits per heavy atom. The highest BCUT2D eigenvalue weighted by molar-refractivity contribution is 7.98. The zero-order valence-corrected chi connectivity index (χ0v) is 10.1. The largest absolute Gasteiger partial charge is 0.398 e. The van der Waals surface area contributed by atoms with Crippen molar-refractivity contribution in [2.75, 3.05) is 5.73 Å². The lowest BCUT2D eigenvalue weighted by Gasteiger charge is -2.05. The summed E-state index contributed by atoms with van der Waals surface area (Å²) >= 11 is 7.64. The zero-order chi connectivity index (χ0) is 11.4. The van der Waals surface area contributed by atoms with Gasteiger partial charge in [-0.3, -0.25) is 4.98 Å². The number of hydrogen-bond donors (Lipinski definition) is 1. The van der Waals surface area contributed by atoms with E-state index in [0.717, 1.165) is 22.0 Å². The van der Waals surface area contributed by atoms with Crippen LogP contribution in [0.4, 0.5) is 5.69 Å². The summed E-state index contributed by atoms with van der Waals surface area (Å²) in [6.45, 7) is 0. The second-order valence-corrected chi connectivity index (χ2v) is 4.80. The highest BCUT2D eigenvalue weighted by Gasteiger charge is 2.01. The molecule has 1 heterocycles. The van der Waals surface area contributed by atoms with Crippen molar-refractivity contribution in [1.82, 2.24) is 4.98 Å². The van der Waals surface area contributed by atoms with Gasteiger partial charge in [0.1, 0.15) is 0 Å². The number of thioether (sulfide) groups is 1. The van der Waals surface area contributed by atoms with Crippen molar-refractivity contribution in [2.45, 2.75) is 10.6 Å². The first kappa shape index (κ1) is 11.3. The van der Waals surface area contributed by atoms with Crippen LogP contribution in [0, 0.1) is 0 Å². The number of nitrogens with zero attached hydrogens (tertiary/aromatic N) is 1. The molecule has 1 aromatic carbocycles. The second-order valence-electron chi connectivity index (χ2n) is 3.31. The first-order valence-electron chi connectivity index (χ1n) is 4.82. The summed E-state index contributed by atoms with van der Waals surface area (Å²) in [5.74, 6) is 0.816. The van der Waals surface area contributed by atoms with Gasteiger partial charge in [0.25, 0.3) is 0 Å². The molecule has 0 bridgehead atoms.